The van der Waals surface area contributed by atoms with Gasteiger partial charge < -0.3 is 10.1 Å². The first-order valence-corrected chi connectivity index (χ1v) is 11.8. The van der Waals surface area contributed by atoms with Crippen molar-refractivity contribution in [3.05, 3.63) is 71.8 Å². The zero-order valence-electron chi connectivity index (χ0n) is 17.5. The number of fused-ring (bicyclic) bond motifs is 1. The van der Waals surface area contributed by atoms with Crippen LogP contribution in [0.25, 0.3) is 6.08 Å². The standard InChI is InChI=1S/C24H26N2O4S/c1-3-4-5-18-6-8-19(9-7-18)20-10-12-26(13-11-20)31(28,29)23-15-22-21(14-17(23)2)25-24(27)16-30-22/h3-9,14-15,20H,1,10-13,16H2,2H3,(H,25,27)/b5-4+. The number of piperidine rings is 1. The van der Waals surface area contributed by atoms with Crippen molar-refractivity contribution in [2.45, 2.75) is 30.6 Å². The SMILES string of the molecule is C=C/C=C/c1ccc(C2CCN(S(=O)(=O)c3cc4c(cc3C)NC(=O)CO4)CC2)cc1. The second-order valence-corrected chi connectivity index (χ2v) is 9.80. The van der Waals surface area contributed by atoms with Crippen LogP contribution >= 0.6 is 0 Å². The van der Waals surface area contributed by atoms with E-state index in [4.69, 9.17) is 4.74 Å². The number of hydrogen-bond acceptors (Lipinski definition) is 4. The normalized spacial score (nSPS) is 17.8. The molecule has 1 fully saturated rings. The summed E-state index contributed by atoms with van der Waals surface area (Å²) in [5.41, 5.74) is 3.46. The Bertz CT molecular complexity index is 1130. The fourth-order valence-electron chi connectivity index (χ4n) is 4.12. The van der Waals surface area contributed by atoms with Crippen LogP contribution in [0, 0.1) is 6.92 Å². The van der Waals surface area contributed by atoms with Crippen molar-refractivity contribution in [2.75, 3.05) is 25.0 Å². The number of anilines is 1. The number of sulfonamides is 1. The second kappa shape index (κ2) is 8.69. The van der Waals surface area contributed by atoms with Gasteiger partial charge in [0.2, 0.25) is 10.0 Å². The van der Waals surface area contributed by atoms with Crippen molar-refractivity contribution in [3.8, 4) is 5.75 Å². The number of nitrogens with zero attached hydrogens (tertiary/aromatic N) is 1. The Labute approximate surface area is 183 Å². The summed E-state index contributed by atoms with van der Waals surface area (Å²) in [6.07, 6.45) is 7.20. The van der Waals surface area contributed by atoms with Crippen LogP contribution in [-0.4, -0.2) is 38.3 Å². The Morgan fingerprint density at radius 1 is 1.16 bits per heavy atom. The zero-order chi connectivity index (χ0) is 22.0. The van der Waals surface area contributed by atoms with Gasteiger partial charge in [-0.05, 0) is 48.4 Å². The first-order valence-electron chi connectivity index (χ1n) is 10.3. The predicted octanol–water partition coefficient (Wildman–Crippen LogP) is 4.09. The molecule has 2 aromatic rings. The monoisotopic (exact) mass is 438 g/mol. The summed E-state index contributed by atoms with van der Waals surface area (Å²) in [6, 6.07) is 11.6. The molecule has 2 aliphatic rings. The molecule has 162 valence electrons. The Morgan fingerprint density at radius 2 is 1.87 bits per heavy atom. The fourth-order valence-corrected chi connectivity index (χ4v) is 5.81. The molecule has 1 amide bonds. The molecular formula is C24H26N2O4S. The van der Waals surface area contributed by atoms with Crippen molar-refractivity contribution in [3.63, 3.8) is 0 Å². The molecule has 0 spiro atoms. The lowest BCUT2D eigenvalue weighted by atomic mass is 9.90. The minimum absolute atomic E-state index is 0.108. The summed E-state index contributed by atoms with van der Waals surface area (Å²) in [5, 5.41) is 2.72. The lowest BCUT2D eigenvalue weighted by molar-refractivity contribution is -0.118. The van der Waals surface area contributed by atoms with E-state index in [-0.39, 0.29) is 17.4 Å². The van der Waals surface area contributed by atoms with E-state index in [1.165, 1.54) is 11.6 Å². The maximum atomic E-state index is 13.3. The smallest absolute Gasteiger partial charge is 0.262 e. The van der Waals surface area contributed by atoms with Gasteiger partial charge >= 0.3 is 0 Å². The third-order valence-electron chi connectivity index (χ3n) is 5.81. The van der Waals surface area contributed by atoms with E-state index in [0.29, 0.717) is 36.0 Å². The van der Waals surface area contributed by atoms with Crippen LogP contribution in [0.4, 0.5) is 5.69 Å². The third kappa shape index (κ3) is 4.43. The van der Waals surface area contributed by atoms with E-state index >= 15 is 0 Å². The number of amides is 1. The van der Waals surface area contributed by atoms with E-state index in [1.54, 1.807) is 23.4 Å². The van der Waals surface area contributed by atoms with Crippen molar-refractivity contribution < 1.29 is 17.9 Å². The molecule has 0 unspecified atom stereocenters. The van der Waals surface area contributed by atoms with Gasteiger partial charge in [0, 0.05) is 19.2 Å². The first-order chi connectivity index (χ1) is 14.9. The first kappa shape index (κ1) is 21.3. The molecule has 2 aromatic carbocycles. The van der Waals surface area contributed by atoms with E-state index in [2.05, 4.69) is 36.2 Å². The number of nitrogens with one attached hydrogen (secondary N) is 1. The molecule has 7 heteroatoms. The molecule has 2 aliphatic heterocycles. The maximum Gasteiger partial charge on any atom is 0.262 e. The third-order valence-corrected chi connectivity index (χ3v) is 7.86. The number of hydrogen-bond donors (Lipinski definition) is 1. The summed E-state index contributed by atoms with van der Waals surface area (Å²) in [5.74, 6) is 0.491. The predicted molar refractivity (Wildman–Crippen MR) is 122 cm³/mol. The van der Waals surface area contributed by atoms with Crippen molar-refractivity contribution in [1.29, 1.82) is 0 Å². The molecule has 0 radical (unpaired) electrons. The van der Waals surface area contributed by atoms with Gasteiger partial charge in [-0.25, -0.2) is 8.42 Å². The Balaban J connectivity index is 1.47. The van der Waals surface area contributed by atoms with Crippen LogP contribution in [0.1, 0.15) is 35.4 Å². The molecule has 0 aromatic heterocycles. The second-order valence-electron chi connectivity index (χ2n) is 7.89. The van der Waals surface area contributed by atoms with Gasteiger partial charge in [0.05, 0.1) is 10.6 Å². The van der Waals surface area contributed by atoms with E-state index in [9.17, 15) is 13.2 Å². The topological polar surface area (TPSA) is 75.7 Å². The molecular weight excluding hydrogens is 412 g/mol. The van der Waals surface area contributed by atoms with Gasteiger partial charge in [-0.15, -0.1) is 0 Å². The van der Waals surface area contributed by atoms with Crippen molar-refractivity contribution in [1.82, 2.24) is 4.31 Å². The van der Waals surface area contributed by atoms with Crippen molar-refractivity contribution >= 4 is 27.7 Å². The van der Waals surface area contributed by atoms with Gasteiger partial charge in [0.25, 0.3) is 5.91 Å². The highest BCUT2D eigenvalue weighted by Gasteiger charge is 2.32. The maximum absolute atomic E-state index is 13.3. The molecule has 6 nitrogen and oxygen atoms in total. The van der Waals surface area contributed by atoms with Crippen LogP contribution in [0.2, 0.25) is 0 Å². The highest BCUT2D eigenvalue weighted by Crippen LogP contribution is 2.36. The lowest BCUT2D eigenvalue weighted by Crippen LogP contribution is -2.38. The molecule has 0 aliphatic carbocycles. The summed E-state index contributed by atoms with van der Waals surface area (Å²) in [7, 11) is -3.64. The molecule has 0 saturated carbocycles. The number of aryl methyl sites for hydroxylation is 1. The fraction of sp³-hybridized carbons (Fsp3) is 0.292. The number of benzene rings is 2. The summed E-state index contributed by atoms with van der Waals surface area (Å²) >= 11 is 0. The lowest BCUT2D eigenvalue weighted by Gasteiger charge is -2.32. The van der Waals surface area contributed by atoms with Crippen LogP contribution in [-0.2, 0) is 14.8 Å². The summed E-state index contributed by atoms with van der Waals surface area (Å²) in [4.78, 5) is 11.7. The number of rotatable bonds is 5. The molecule has 1 saturated heterocycles. The quantitative estimate of drug-likeness (QED) is 0.714. The number of carbonyl (C=O) groups is 1. The highest BCUT2D eigenvalue weighted by molar-refractivity contribution is 7.89. The minimum atomic E-state index is -3.64. The van der Waals surface area contributed by atoms with E-state index < -0.39 is 10.0 Å². The van der Waals surface area contributed by atoms with Crippen LogP contribution in [0.15, 0.2) is 60.0 Å². The number of carbonyl (C=O) groups excluding carboxylic acids is 1. The van der Waals surface area contributed by atoms with Crippen LogP contribution in [0.5, 0.6) is 5.75 Å². The molecule has 31 heavy (non-hydrogen) atoms. The van der Waals surface area contributed by atoms with Crippen molar-refractivity contribution in [2.24, 2.45) is 0 Å². The average molecular weight is 439 g/mol. The summed E-state index contributed by atoms with van der Waals surface area (Å²) < 4.78 is 33.6. The van der Waals surface area contributed by atoms with Gasteiger partial charge in [-0.3, -0.25) is 4.79 Å². The van der Waals surface area contributed by atoms with Gasteiger partial charge in [0.15, 0.2) is 6.61 Å². The Hall–Kier alpha value is -2.90. The van der Waals surface area contributed by atoms with E-state index in [1.807, 2.05) is 12.2 Å². The largest absolute Gasteiger partial charge is 0.482 e. The van der Waals surface area contributed by atoms with E-state index in [0.717, 1.165) is 18.4 Å². The molecule has 0 atom stereocenters. The molecule has 0 bridgehead atoms. The number of ether oxygens (including phenoxy) is 1. The van der Waals surface area contributed by atoms with Crippen LogP contribution < -0.4 is 10.1 Å². The highest BCUT2D eigenvalue weighted by atomic mass is 32.2. The minimum Gasteiger partial charge on any atom is -0.482 e. The van der Waals surface area contributed by atoms with Crippen LogP contribution in [0.3, 0.4) is 0 Å². The van der Waals surface area contributed by atoms with Gasteiger partial charge in [-0.1, -0.05) is 49.1 Å². The number of allylic oxidation sites excluding steroid dienone is 2. The van der Waals surface area contributed by atoms with Gasteiger partial charge in [-0.2, -0.15) is 4.31 Å². The Morgan fingerprint density at radius 3 is 2.55 bits per heavy atom. The average Bonchev–Trinajstić information content (AvgIpc) is 2.77. The zero-order valence-corrected chi connectivity index (χ0v) is 18.3. The summed E-state index contributed by atoms with van der Waals surface area (Å²) in [6.45, 7) is 6.25. The molecule has 2 heterocycles. The molecule has 1 N–H and O–H groups in total. The Kier molecular flexibility index (Phi) is 5.98. The molecule has 4 rings (SSSR count). The van der Waals surface area contributed by atoms with Gasteiger partial charge in [0.1, 0.15) is 5.75 Å².